The van der Waals surface area contributed by atoms with E-state index in [1.807, 2.05) is 0 Å². The average molecular weight is 435 g/mol. The van der Waals surface area contributed by atoms with E-state index in [1.54, 1.807) is 0 Å². The van der Waals surface area contributed by atoms with Gasteiger partial charge in [0.2, 0.25) is 5.91 Å². The lowest BCUT2D eigenvalue weighted by atomic mass is 10.1. The third kappa shape index (κ3) is 19.3. The van der Waals surface area contributed by atoms with Gasteiger partial charge in [0.1, 0.15) is 6.04 Å². The average Bonchev–Trinajstić information content (AvgIpc) is 2.63. The van der Waals surface area contributed by atoms with Crippen molar-refractivity contribution >= 4 is 22.0 Å². The van der Waals surface area contributed by atoms with E-state index in [0.29, 0.717) is 12.8 Å². The molecule has 0 heterocycles. The number of carbonyl (C=O) groups excluding carboxylic acids is 1. The molecule has 11 heteroatoms. The molecule has 0 saturated heterocycles. The summed E-state index contributed by atoms with van der Waals surface area (Å²) in [6, 6.07) is -1.03. The maximum Gasteiger partial charge on any atom is 0.326 e. The van der Waals surface area contributed by atoms with Gasteiger partial charge in [-0.05, 0) is 24.8 Å². The van der Waals surface area contributed by atoms with Gasteiger partial charge in [-0.25, -0.2) is 4.79 Å². The highest BCUT2D eigenvalue weighted by atomic mass is 32.2. The zero-order chi connectivity index (χ0) is 22.0. The van der Waals surface area contributed by atoms with Gasteiger partial charge < -0.3 is 10.4 Å². The van der Waals surface area contributed by atoms with E-state index >= 15 is 0 Å². The fourth-order valence-electron chi connectivity index (χ4n) is 2.92. The van der Waals surface area contributed by atoms with Crippen molar-refractivity contribution in [1.29, 1.82) is 0 Å². The van der Waals surface area contributed by atoms with E-state index in [9.17, 15) is 18.0 Å². The molecule has 0 aliphatic carbocycles. The number of amides is 1. The monoisotopic (exact) mass is 434 g/mol. The molecule has 0 aromatic heterocycles. The predicted molar refractivity (Wildman–Crippen MR) is 110 cm³/mol. The zero-order valence-corrected chi connectivity index (χ0v) is 17.8. The molecule has 0 radical (unpaired) electrons. The van der Waals surface area contributed by atoms with E-state index < -0.39 is 22.1 Å². The number of carbonyl (C=O) groups is 2. The third-order valence-corrected chi connectivity index (χ3v) is 5.33. The topological polar surface area (TPSA) is 170 Å². The van der Waals surface area contributed by atoms with Gasteiger partial charge in [0.25, 0.3) is 10.1 Å². The number of unbranched alkanes of at least 4 members (excludes halogenated alkanes) is 10. The molecule has 1 atom stereocenters. The molecule has 0 saturated carbocycles. The van der Waals surface area contributed by atoms with Crippen molar-refractivity contribution < 1.29 is 27.7 Å². The quantitative estimate of drug-likeness (QED) is 0.0917. The van der Waals surface area contributed by atoms with Gasteiger partial charge in [-0.1, -0.05) is 62.9 Å². The second-order valence-corrected chi connectivity index (χ2v) is 8.70. The van der Waals surface area contributed by atoms with Gasteiger partial charge in [0, 0.05) is 17.9 Å². The molecule has 168 valence electrons. The minimum atomic E-state index is -3.82. The highest BCUT2D eigenvalue weighted by Crippen LogP contribution is 2.12. The van der Waals surface area contributed by atoms with Crippen LogP contribution in [0.4, 0.5) is 0 Å². The minimum absolute atomic E-state index is 0.0261. The fourth-order valence-corrected chi connectivity index (χ4v) is 3.49. The summed E-state index contributed by atoms with van der Waals surface area (Å²) < 4.78 is 29.8. The molecule has 0 aromatic carbocycles. The summed E-state index contributed by atoms with van der Waals surface area (Å²) in [5.41, 5.74) is 8.20. The highest BCUT2D eigenvalue weighted by molar-refractivity contribution is 7.85. The number of aliphatic carboxylic acids is 1. The molecule has 0 aromatic rings. The molecule has 10 nitrogen and oxygen atoms in total. The summed E-state index contributed by atoms with van der Waals surface area (Å²) in [5, 5.41) is 14.8. The maximum absolute atomic E-state index is 11.8. The van der Waals surface area contributed by atoms with Crippen molar-refractivity contribution in [2.75, 3.05) is 12.3 Å². The van der Waals surface area contributed by atoms with Crippen molar-refractivity contribution in [1.82, 2.24) is 5.32 Å². The SMILES string of the molecule is [N-]=[N+]=NCC[C@H](NC(=O)CCCCCCCCCCCCCS(=O)(=O)O)C(=O)O. The Labute approximate surface area is 172 Å². The maximum atomic E-state index is 11.8. The number of nitrogens with one attached hydrogen (secondary N) is 1. The smallest absolute Gasteiger partial charge is 0.326 e. The van der Waals surface area contributed by atoms with Gasteiger partial charge in [-0.3, -0.25) is 9.35 Å². The van der Waals surface area contributed by atoms with Gasteiger partial charge in [0.15, 0.2) is 0 Å². The Bertz CT molecular complexity index is 620. The van der Waals surface area contributed by atoms with Gasteiger partial charge in [0.05, 0.1) is 5.75 Å². The van der Waals surface area contributed by atoms with Crippen LogP contribution in [-0.4, -0.2) is 48.3 Å². The first-order valence-electron chi connectivity index (χ1n) is 10.2. The number of azide groups is 1. The van der Waals surface area contributed by atoms with Crippen LogP contribution in [0, 0.1) is 0 Å². The number of hydrogen-bond acceptors (Lipinski definition) is 5. The molecule has 0 fully saturated rings. The van der Waals surface area contributed by atoms with Crippen molar-refractivity contribution in [2.45, 2.75) is 89.5 Å². The number of rotatable bonds is 19. The Hall–Kier alpha value is -1.84. The lowest BCUT2D eigenvalue weighted by Crippen LogP contribution is -2.41. The Morgan fingerprint density at radius 1 is 0.931 bits per heavy atom. The van der Waals surface area contributed by atoms with Crippen LogP contribution in [0.3, 0.4) is 0 Å². The molecule has 0 unspecified atom stereocenters. The van der Waals surface area contributed by atoms with Crippen LogP contribution >= 0.6 is 0 Å². The normalized spacial score (nSPS) is 12.2. The molecule has 29 heavy (non-hydrogen) atoms. The number of nitrogens with zero attached hydrogens (tertiary/aromatic N) is 3. The number of hydrogen-bond donors (Lipinski definition) is 3. The van der Waals surface area contributed by atoms with Crippen molar-refractivity contribution in [2.24, 2.45) is 5.11 Å². The van der Waals surface area contributed by atoms with Gasteiger partial charge >= 0.3 is 5.97 Å². The van der Waals surface area contributed by atoms with Crippen LogP contribution < -0.4 is 5.32 Å². The van der Waals surface area contributed by atoms with Crippen LogP contribution in [-0.2, 0) is 19.7 Å². The Morgan fingerprint density at radius 3 is 1.86 bits per heavy atom. The van der Waals surface area contributed by atoms with Crippen LogP contribution in [0.25, 0.3) is 10.4 Å². The molecule has 0 spiro atoms. The molecule has 3 N–H and O–H groups in total. The molecule has 0 rings (SSSR count). The minimum Gasteiger partial charge on any atom is -0.480 e. The van der Waals surface area contributed by atoms with Crippen LogP contribution in [0.15, 0.2) is 5.11 Å². The second-order valence-electron chi connectivity index (χ2n) is 7.13. The molecular formula is C18H34N4O6S. The summed E-state index contributed by atoms with van der Waals surface area (Å²) in [6.07, 6.45) is 10.8. The van der Waals surface area contributed by atoms with E-state index in [0.717, 1.165) is 57.8 Å². The summed E-state index contributed by atoms with van der Waals surface area (Å²) in [6.45, 7) is 0.0261. The Morgan fingerprint density at radius 2 is 1.41 bits per heavy atom. The van der Waals surface area contributed by atoms with Crippen molar-refractivity contribution in [3.8, 4) is 0 Å². The summed E-state index contributed by atoms with van der Waals surface area (Å²) in [7, 11) is -3.82. The highest BCUT2D eigenvalue weighted by Gasteiger charge is 2.18. The van der Waals surface area contributed by atoms with Gasteiger partial charge in [-0.15, -0.1) is 0 Å². The molecule has 0 aliphatic rings. The summed E-state index contributed by atoms with van der Waals surface area (Å²) >= 11 is 0. The number of carboxylic acids is 1. The largest absolute Gasteiger partial charge is 0.480 e. The first kappa shape index (κ1) is 27.2. The number of carboxylic acid groups (broad SMARTS) is 1. The lowest BCUT2D eigenvalue weighted by molar-refractivity contribution is -0.142. The van der Waals surface area contributed by atoms with E-state index in [4.69, 9.17) is 15.2 Å². The van der Waals surface area contributed by atoms with E-state index in [2.05, 4.69) is 15.3 Å². The van der Waals surface area contributed by atoms with Crippen LogP contribution in [0.2, 0.25) is 0 Å². The first-order chi connectivity index (χ1) is 13.8. The van der Waals surface area contributed by atoms with E-state index in [1.165, 1.54) is 0 Å². The predicted octanol–water partition coefficient (Wildman–Crippen LogP) is 3.83. The van der Waals surface area contributed by atoms with Crippen LogP contribution in [0.1, 0.15) is 83.5 Å². The second kappa shape index (κ2) is 17.1. The zero-order valence-electron chi connectivity index (χ0n) is 17.0. The van der Waals surface area contributed by atoms with Crippen LogP contribution in [0.5, 0.6) is 0 Å². The third-order valence-electron chi connectivity index (χ3n) is 4.52. The lowest BCUT2D eigenvalue weighted by Gasteiger charge is -2.13. The summed E-state index contributed by atoms with van der Waals surface area (Å²) in [4.78, 5) is 25.4. The standard InChI is InChI=1S/C18H34N4O6S/c19-22-20-14-13-16(18(24)25)21-17(23)12-10-8-6-4-2-1-3-5-7-9-11-15-29(26,27)28/h16H,1-15H2,(H,21,23)(H,24,25)(H,26,27,28)/t16-/m0/s1. The molecule has 1 amide bonds. The van der Waals surface area contributed by atoms with Crippen molar-refractivity contribution in [3.63, 3.8) is 0 Å². The molecular weight excluding hydrogens is 400 g/mol. The van der Waals surface area contributed by atoms with Gasteiger partial charge in [-0.2, -0.15) is 8.42 Å². The molecule has 0 bridgehead atoms. The van der Waals surface area contributed by atoms with E-state index in [-0.39, 0.29) is 31.0 Å². The van der Waals surface area contributed by atoms with Crippen molar-refractivity contribution in [3.05, 3.63) is 10.4 Å². The Kier molecular flexibility index (Phi) is 16.0. The summed E-state index contributed by atoms with van der Waals surface area (Å²) in [5.74, 6) is -1.59. The Balaban J connectivity index is 3.54. The molecule has 0 aliphatic heterocycles. The first-order valence-corrected chi connectivity index (χ1v) is 11.9. The fraction of sp³-hybridized carbons (Fsp3) is 0.889.